The van der Waals surface area contributed by atoms with Gasteiger partial charge in [-0.2, -0.15) is 0 Å². The van der Waals surface area contributed by atoms with E-state index in [4.69, 9.17) is 29.7 Å². The van der Waals surface area contributed by atoms with E-state index < -0.39 is 22.9 Å². The maximum atomic E-state index is 11.9. The highest BCUT2D eigenvalue weighted by Crippen LogP contribution is 2.62. The van der Waals surface area contributed by atoms with E-state index in [2.05, 4.69) is 22.0 Å². The number of hydrogen-bond acceptors (Lipinski definition) is 9. The Hall–Kier alpha value is -1.01. The fourth-order valence-electron chi connectivity index (χ4n) is 7.57. The molecule has 5 heterocycles. The predicted molar refractivity (Wildman–Crippen MR) is 142 cm³/mol. The first-order valence-corrected chi connectivity index (χ1v) is 14.9. The van der Waals surface area contributed by atoms with Crippen molar-refractivity contribution < 1.29 is 28.8 Å². The number of rotatable bonds is 7. The molecule has 10 nitrogen and oxygen atoms in total. The van der Waals surface area contributed by atoms with Gasteiger partial charge in [0.1, 0.15) is 5.60 Å². The average molecular weight is 539 g/mol. The van der Waals surface area contributed by atoms with Crippen LogP contribution in [0.2, 0.25) is 0 Å². The normalized spacial score (nSPS) is 41.8. The van der Waals surface area contributed by atoms with Gasteiger partial charge >= 0.3 is 6.09 Å². The number of carbonyl (C=O) groups excluding carboxylic acids is 1. The Kier molecular flexibility index (Phi) is 8.08. The molecule has 2 bridgehead atoms. The minimum absolute atomic E-state index is 0.0427. The Balaban J connectivity index is 1.08. The van der Waals surface area contributed by atoms with E-state index in [0.717, 1.165) is 77.8 Å². The van der Waals surface area contributed by atoms with E-state index in [0.29, 0.717) is 18.4 Å². The number of carbonyl (C=O) groups is 1. The van der Waals surface area contributed by atoms with Gasteiger partial charge in [0, 0.05) is 51.6 Å². The molecule has 10 heteroatoms. The summed E-state index contributed by atoms with van der Waals surface area (Å²) in [5.74, 6) is -1.21. The third-order valence-electron chi connectivity index (χ3n) is 9.51. The SMILES string of the molecule is CC1C(CCCN2CCN(CCNC(=O)OC(C)(C)C)CC2)OC2(N)OC3(C)CCC4CCCC1C42OO3. The van der Waals surface area contributed by atoms with E-state index in [1.165, 1.54) is 6.42 Å². The van der Waals surface area contributed by atoms with Crippen molar-refractivity contribution >= 4 is 6.09 Å². The molecule has 0 radical (unpaired) electrons. The molecule has 7 atom stereocenters. The van der Waals surface area contributed by atoms with Crippen molar-refractivity contribution in [3.63, 3.8) is 0 Å². The van der Waals surface area contributed by atoms with Gasteiger partial charge < -0.3 is 19.7 Å². The van der Waals surface area contributed by atoms with E-state index >= 15 is 0 Å². The van der Waals surface area contributed by atoms with Gasteiger partial charge in [-0.1, -0.05) is 13.3 Å². The zero-order valence-corrected chi connectivity index (χ0v) is 24.1. The zero-order chi connectivity index (χ0) is 27.2. The fraction of sp³-hybridized carbons (Fsp3) is 0.964. The van der Waals surface area contributed by atoms with Crippen LogP contribution in [0.1, 0.15) is 79.6 Å². The highest BCUT2D eigenvalue weighted by atomic mass is 17.3. The van der Waals surface area contributed by atoms with Crippen molar-refractivity contribution in [2.75, 3.05) is 45.8 Å². The molecule has 1 amide bonds. The summed E-state index contributed by atoms with van der Waals surface area (Å²) in [5.41, 5.74) is 5.80. The van der Waals surface area contributed by atoms with E-state index in [9.17, 15) is 4.79 Å². The van der Waals surface area contributed by atoms with Crippen molar-refractivity contribution in [2.24, 2.45) is 23.5 Å². The zero-order valence-electron chi connectivity index (χ0n) is 24.1. The Labute approximate surface area is 228 Å². The lowest BCUT2D eigenvalue weighted by molar-refractivity contribution is -0.599. The highest BCUT2D eigenvalue weighted by molar-refractivity contribution is 5.67. The number of alkyl carbamates (subject to hydrolysis) is 1. The molecule has 6 aliphatic rings. The molecule has 1 saturated carbocycles. The Morgan fingerprint density at radius 3 is 2.50 bits per heavy atom. The maximum absolute atomic E-state index is 11.9. The van der Waals surface area contributed by atoms with Crippen LogP contribution < -0.4 is 11.1 Å². The molecule has 1 spiro atoms. The van der Waals surface area contributed by atoms with Gasteiger partial charge in [0.15, 0.2) is 5.60 Å². The average Bonchev–Trinajstić information content (AvgIpc) is 3.05. The molecule has 0 aromatic rings. The largest absolute Gasteiger partial charge is 0.444 e. The summed E-state index contributed by atoms with van der Waals surface area (Å²) in [5, 5.41) is 2.86. The number of piperazine rings is 1. The van der Waals surface area contributed by atoms with Crippen LogP contribution in [0.4, 0.5) is 4.79 Å². The molecular formula is C28H50N4O6. The van der Waals surface area contributed by atoms with Gasteiger partial charge in [0.25, 0.3) is 5.91 Å². The van der Waals surface area contributed by atoms with Crippen molar-refractivity contribution in [3.05, 3.63) is 0 Å². The summed E-state index contributed by atoms with van der Waals surface area (Å²) in [6.45, 7) is 16.4. The molecule has 38 heavy (non-hydrogen) atoms. The van der Waals surface area contributed by atoms with Crippen LogP contribution in [-0.2, 0) is 24.0 Å². The highest BCUT2D eigenvalue weighted by Gasteiger charge is 2.74. The predicted octanol–water partition coefficient (Wildman–Crippen LogP) is 3.20. The molecule has 0 aromatic carbocycles. The fourth-order valence-corrected chi connectivity index (χ4v) is 7.57. The minimum atomic E-state index is -1.26. The number of nitrogens with two attached hydrogens (primary N) is 1. The molecule has 7 unspecified atom stereocenters. The standard InChI is InChI=1S/C28H50N4O6/c1-20-22-9-6-8-21-11-12-26(5)36-28(29,27(21,22)38-37-26)34-23(20)10-7-14-31-16-18-32(19-17-31)15-13-30-24(33)35-25(2,3)4/h20-23H,6-19,29H2,1-5H3,(H,30,33). The van der Waals surface area contributed by atoms with Crippen LogP contribution in [-0.4, -0.2) is 90.7 Å². The quantitative estimate of drug-likeness (QED) is 0.473. The topological polar surface area (TPSA) is 108 Å². The van der Waals surface area contributed by atoms with Crippen LogP contribution in [0.5, 0.6) is 0 Å². The van der Waals surface area contributed by atoms with Crippen molar-refractivity contribution in [1.82, 2.24) is 15.1 Å². The summed E-state index contributed by atoms with van der Waals surface area (Å²) in [6, 6.07) is 0. The Morgan fingerprint density at radius 1 is 1.08 bits per heavy atom. The van der Waals surface area contributed by atoms with Crippen LogP contribution >= 0.6 is 0 Å². The molecule has 6 rings (SSSR count). The minimum Gasteiger partial charge on any atom is -0.444 e. The second kappa shape index (κ2) is 10.8. The summed E-state index contributed by atoms with van der Waals surface area (Å²) in [4.78, 5) is 28.9. The van der Waals surface area contributed by atoms with Crippen molar-refractivity contribution in [3.8, 4) is 0 Å². The summed E-state index contributed by atoms with van der Waals surface area (Å²) >= 11 is 0. The molecule has 3 N–H and O–H groups in total. The van der Waals surface area contributed by atoms with Gasteiger partial charge in [-0.05, 0) is 78.2 Å². The van der Waals surface area contributed by atoms with Crippen LogP contribution in [0.25, 0.3) is 0 Å². The smallest absolute Gasteiger partial charge is 0.407 e. The van der Waals surface area contributed by atoms with Crippen LogP contribution in [0.15, 0.2) is 0 Å². The van der Waals surface area contributed by atoms with E-state index in [1.807, 2.05) is 27.7 Å². The number of nitrogens with one attached hydrogen (secondary N) is 1. The first-order chi connectivity index (χ1) is 17.9. The van der Waals surface area contributed by atoms with E-state index in [1.54, 1.807) is 0 Å². The second-order valence-electron chi connectivity index (χ2n) is 13.4. The van der Waals surface area contributed by atoms with Crippen molar-refractivity contribution in [2.45, 2.75) is 109 Å². The number of hydrogen-bond donors (Lipinski definition) is 2. The summed E-state index contributed by atoms with van der Waals surface area (Å²) < 4.78 is 18.4. The van der Waals surface area contributed by atoms with Gasteiger partial charge in [-0.3, -0.25) is 15.4 Å². The van der Waals surface area contributed by atoms with Gasteiger partial charge in [-0.15, -0.1) is 0 Å². The molecule has 5 aliphatic heterocycles. The lowest BCUT2D eigenvalue weighted by atomic mass is 9.59. The van der Waals surface area contributed by atoms with Crippen LogP contribution in [0, 0.1) is 17.8 Å². The Bertz CT molecular complexity index is 848. The number of amides is 1. The molecular weight excluding hydrogens is 488 g/mol. The third kappa shape index (κ3) is 5.60. The number of nitrogens with zero attached hydrogens (tertiary/aromatic N) is 2. The van der Waals surface area contributed by atoms with Crippen molar-refractivity contribution in [1.29, 1.82) is 0 Å². The first kappa shape index (κ1) is 28.5. The Morgan fingerprint density at radius 2 is 1.79 bits per heavy atom. The van der Waals surface area contributed by atoms with E-state index in [-0.39, 0.29) is 18.1 Å². The maximum Gasteiger partial charge on any atom is 0.407 e. The van der Waals surface area contributed by atoms with Gasteiger partial charge in [0.05, 0.1) is 6.10 Å². The summed E-state index contributed by atoms with van der Waals surface area (Å²) in [7, 11) is 0. The van der Waals surface area contributed by atoms with Gasteiger partial charge in [-0.25, -0.2) is 14.6 Å². The second-order valence-corrected chi connectivity index (χ2v) is 13.4. The lowest BCUT2D eigenvalue weighted by Gasteiger charge is -2.63. The van der Waals surface area contributed by atoms with Gasteiger partial charge in [0.2, 0.25) is 5.79 Å². The molecule has 6 fully saturated rings. The molecule has 0 aromatic heterocycles. The lowest BCUT2D eigenvalue weighted by Crippen LogP contribution is -2.79. The number of ether oxygens (including phenoxy) is 3. The van der Waals surface area contributed by atoms with Crippen LogP contribution in [0.3, 0.4) is 0 Å². The third-order valence-corrected chi connectivity index (χ3v) is 9.51. The molecule has 1 aliphatic carbocycles. The molecule has 5 saturated heterocycles. The number of fused-ring (bicyclic) bond motifs is 2. The monoisotopic (exact) mass is 538 g/mol. The first-order valence-electron chi connectivity index (χ1n) is 14.9. The molecule has 218 valence electrons. The summed E-state index contributed by atoms with van der Waals surface area (Å²) in [6.07, 6.45) is 6.84.